The molecule has 0 aromatic heterocycles. The second-order valence-corrected chi connectivity index (χ2v) is 4.45. The first-order valence-corrected chi connectivity index (χ1v) is 6.19. The van der Waals surface area contributed by atoms with E-state index >= 15 is 0 Å². The number of nitro benzene ring substituents is 1. The van der Waals surface area contributed by atoms with E-state index in [2.05, 4.69) is 0 Å². The summed E-state index contributed by atoms with van der Waals surface area (Å²) in [6, 6.07) is 9.81. The van der Waals surface area contributed by atoms with E-state index in [1.807, 2.05) is 0 Å². The summed E-state index contributed by atoms with van der Waals surface area (Å²) >= 11 is 0. The zero-order valence-electron chi connectivity index (χ0n) is 10.9. The van der Waals surface area contributed by atoms with Gasteiger partial charge in [0.25, 0.3) is 5.69 Å². The highest BCUT2D eigenvalue weighted by atomic mass is 16.7. The van der Waals surface area contributed by atoms with Crippen molar-refractivity contribution in [1.29, 1.82) is 0 Å². The summed E-state index contributed by atoms with van der Waals surface area (Å²) in [6.07, 6.45) is 0. The summed E-state index contributed by atoms with van der Waals surface area (Å²) < 4.78 is 16.0. The molecule has 2 aromatic rings. The van der Waals surface area contributed by atoms with Crippen molar-refractivity contribution in [3.05, 3.63) is 52.1 Å². The minimum atomic E-state index is -0.514. The Bertz CT molecular complexity index is 702. The predicted molar refractivity (Wildman–Crippen MR) is 74.4 cm³/mol. The number of benzene rings is 2. The van der Waals surface area contributed by atoms with Crippen molar-refractivity contribution >= 4 is 11.4 Å². The molecule has 1 heterocycles. The molecule has 2 N–H and O–H groups in total. The smallest absolute Gasteiger partial charge is 0.292 e. The van der Waals surface area contributed by atoms with Crippen LogP contribution in [0.4, 0.5) is 11.4 Å². The fraction of sp³-hybridized carbons (Fsp3) is 0.143. The molecule has 0 saturated heterocycles. The molecule has 0 atom stereocenters. The van der Waals surface area contributed by atoms with Crippen LogP contribution >= 0.6 is 0 Å². The Morgan fingerprint density at radius 2 is 2.00 bits per heavy atom. The molecule has 0 saturated carbocycles. The van der Waals surface area contributed by atoms with Gasteiger partial charge in [-0.2, -0.15) is 0 Å². The van der Waals surface area contributed by atoms with Crippen LogP contribution in [0.2, 0.25) is 0 Å². The Morgan fingerprint density at radius 1 is 1.19 bits per heavy atom. The molecule has 2 aromatic carbocycles. The number of hydrogen-bond donors (Lipinski definition) is 1. The summed E-state index contributed by atoms with van der Waals surface area (Å²) in [6.45, 7) is 0.393. The fourth-order valence-electron chi connectivity index (χ4n) is 1.97. The third-order valence-electron chi connectivity index (χ3n) is 3.04. The van der Waals surface area contributed by atoms with E-state index < -0.39 is 4.92 Å². The normalized spacial score (nSPS) is 12.2. The molecule has 0 aliphatic carbocycles. The number of nitrogen functional groups attached to an aromatic ring is 1. The highest BCUT2D eigenvalue weighted by Gasteiger charge is 2.15. The number of rotatable bonds is 4. The molecule has 0 spiro atoms. The van der Waals surface area contributed by atoms with Crippen LogP contribution in [0.5, 0.6) is 17.2 Å². The van der Waals surface area contributed by atoms with Crippen LogP contribution in [0.3, 0.4) is 0 Å². The Hall–Kier alpha value is -2.96. The SMILES string of the molecule is Nc1ccc(COc2ccc3c(c2)OCO3)cc1[N+](=O)[O-]. The van der Waals surface area contributed by atoms with Gasteiger partial charge in [-0.1, -0.05) is 6.07 Å². The van der Waals surface area contributed by atoms with Crippen LogP contribution in [0.25, 0.3) is 0 Å². The topological polar surface area (TPSA) is 96.9 Å². The highest BCUT2D eigenvalue weighted by Crippen LogP contribution is 2.35. The summed E-state index contributed by atoms with van der Waals surface area (Å²) in [7, 11) is 0. The average molecular weight is 288 g/mol. The Labute approximate surface area is 120 Å². The average Bonchev–Trinajstić information content (AvgIpc) is 2.93. The molecule has 1 aliphatic heterocycles. The van der Waals surface area contributed by atoms with E-state index in [1.165, 1.54) is 12.1 Å². The number of nitro groups is 1. The quantitative estimate of drug-likeness (QED) is 0.527. The lowest BCUT2D eigenvalue weighted by molar-refractivity contribution is -0.384. The lowest BCUT2D eigenvalue weighted by Crippen LogP contribution is -2.00. The molecule has 108 valence electrons. The van der Waals surface area contributed by atoms with E-state index in [0.29, 0.717) is 22.8 Å². The van der Waals surface area contributed by atoms with Crippen LogP contribution in [0.15, 0.2) is 36.4 Å². The number of hydrogen-bond acceptors (Lipinski definition) is 6. The summed E-state index contributed by atoms with van der Waals surface area (Å²) in [4.78, 5) is 10.3. The van der Waals surface area contributed by atoms with Crippen molar-refractivity contribution in [2.75, 3.05) is 12.5 Å². The van der Waals surface area contributed by atoms with Crippen molar-refractivity contribution in [1.82, 2.24) is 0 Å². The van der Waals surface area contributed by atoms with Gasteiger partial charge in [0.05, 0.1) is 4.92 Å². The molecule has 1 aliphatic rings. The fourth-order valence-corrected chi connectivity index (χ4v) is 1.97. The van der Waals surface area contributed by atoms with Gasteiger partial charge in [-0.05, 0) is 23.8 Å². The van der Waals surface area contributed by atoms with Crippen molar-refractivity contribution in [2.45, 2.75) is 6.61 Å². The van der Waals surface area contributed by atoms with E-state index in [9.17, 15) is 10.1 Å². The van der Waals surface area contributed by atoms with Gasteiger partial charge < -0.3 is 19.9 Å². The third-order valence-corrected chi connectivity index (χ3v) is 3.04. The maximum atomic E-state index is 10.8. The van der Waals surface area contributed by atoms with Gasteiger partial charge in [0.2, 0.25) is 6.79 Å². The first-order valence-electron chi connectivity index (χ1n) is 6.19. The second-order valence-electron chi connectivity index (χ2n) is 4.45. The van der Waals surface area contributed by atoms with Gasteiger partial charge in [-0.3, -0.25) is 10.1 Å². The lowest BCUT2D eigenvalue weighted by atomic mass is 10.2. The van der Waals surface area contributed by atoms with Gasteiger partial charge in [-0.15, -0.1) is 0 Å². The molecular formula is C14H12N2O5. The van der Waals surface area contributed by atoms with Crippen LogP contribution < -0.4 is 19.9 Å². The molecule has 0 amide bonds. The zero-order chi connectivity index (χ0) is 14.8. The predicted octanol–water partition coefficient (Wildman–Crippen LogP) is 2.48. The number of nitrogens with zero attached hydrogens (tertiary/aromatic N) is 1. The van der Waals surface area contributed by atoms with Gasteiger partial charge >= 0.3 is 0 Å². The molecule has 0 unspecified atom stereocenters. The molecule has 3 rings (SSSR count). The van der Waals surface area contributed by atoms with Crippen LogP contribution in [0, 0.1) is 10.1 Å². The summed E-state index contributed by atoms with van der Waals surface area (Å²) in [5.74, 6) is 1.89. The van der Waals surface area contributed by atoms with Crippen molar-refractivity contribution in [3.63, 3.8) is 0 Å². The maximum absolute atomic E-state index is 10.8. The highest BCUT2D eigenvalue weighted by molar-refractivity contribution is 5.59. The van der Waals surface area contributed by atoms with Crippen LogP contribution in [-0.2, 0) is 6.61 Å². The van der Waals surface area contributed by atoms with Gasteiger partial charge in [0.15, 0.2) is 11.5 Å². The van der Waals surface area contributed by atoms with Crippen molar-refractivity contribution in [2.24, 2.45) is 0 Å². The lowest BCUT2D eigenvalue weighted by Gasteiger charge is -2.07. The number of fused-ring (bicyclic) bond motifs is 1. The van der Waals surface area contributed by atoms with Crippen LogP contribution in [0.1, 0.15) is 5.56 Å². The van der Waals surface area contributed by atoms with Gasteiger partial charge in [0, 0.05) is 12.1 Å². The molecular weight excluding hydrogens is 276 g/mol. The minimum absolute atomic E-state index is 0.123. The van der Waals surface area contributed by atoms with Crippen molar-refractivity contribution in [3.8, 4) is 17.2 Å². The Kier molecular flexibility index (Phi) is 3.23. The van der Waals surface area contributed by atoms with E-state index in [-0.39, 0.29) is 24.8 Å². The number of nitrogens with two attached hydrogens (primary N) is 1. The minimum Gasteiger partial charge on any atom is -0.489 e. The Morgan fingerprint density at radius 3 is 2.81 bits per heavy atom. The maximum Gasteiger partial charge on any atom is 0.292 e. The first-order chi connectivity index (χ1) is 10.1. The zero-order valence-corrected chi connectivity index (χ0v) is 10.9. The Balaban J connectivity index is 1.73. The molecule has 7 nitrogen and oxygen atoms in total. The third kappa shape index (κ3) is 2.66. The summed E-state index contributed by atoms with van der Waals surface area (Å²) in [5.41, 5.74) is 6.21. The molecule has 0 bridgehead atoms. The molecule has 0 fully saturated rings. The monoisotopic (exact) mass is 288 g/mol. The van der Waals surface area contributed by atoms with E-state index in [0.717, 1.165) is 0 Å². The van der Waals surface area contributed by atoms with Crippen LogP contribution in [-0.4, -0.2) is 11.7 Å². The van der Waals surface area contributed by atoms with Gasteiger partial charge in [0.1, 0.15) is 18.0 Å². The van der Waals surface area contributed by atoms with E-state index in [4.69, 9.17) is 19.9 Å². The molecule has 0 radical (unpaired) electrons. The molecule has 7 heteroatoms. The number of anilines is 1. The summed E-state index contributed by atoms with van der Waals surface area (Å²) in [5, 5.41) is 10.8. The van der Waals surface area contributed by atoms with E-state index in [1.54, 1.807) is 24.3 Å². The standard InChI is InChI=1S/C14H12N2O5/c15-11-3-1-9(5-12(11)16(17)18)7-19-10-2-4-13-14(6-10)21-8-20-13/h1-6H,7-8,15H2. The van der Waals surface area contributed by atoms with Crippen molar-refractivity contribution < 1.29 is 19.1 Å². The number of ether oxygens (including phenoxy) is 3. The van der Waals surface area contributed by atoms with Gasteiger partial charge in [-0.25, -0.2) is 0 Å². The first kappa shape index (κ1) is 13.0. The second kappa shape index (κ2) is 5.20. The molecule has 21 heavy (non-hydrogen) atoms. The largest absolute Gasteiger partial charge is 0.489 e.